The van der Waals surface area contributed by atoms with Crippen LogP contribution in [0, 0.1) is 6.92 Å². The van der Waals surface area contributed by atoms with Crippen molar-refractivity contribution in [1.82, 2.24) is 21.0 Å². The van der Waals surface area contributed by atoms with E-state index >= 15 is 0 Å². The van der Waals surface area contributed by atoms with E-state index in [4.69, 9.17) is 4.74 Å². The van der Waals surface area contributed by atoms with Crippen LogP contribution in [0.5, 0.6) is 5.75 Å². The number of aromatic amines is 1. The zero-order chi connectivity index (χ0) is 18.7. The number of hydrazine groups is 1. The van der Waals surface area contributed by atoms with Crippen LogP contribution in [-0.4, -0.2) is 29.1 Å². The summed E-state index contributed by atoms with van der Waals surface area (Å²) in [6, 6.07) is 11.7. The first-order valence-corrected chi connectivity index (χ1v) is 7.74. The Hall–Kier alpha value is -3.68. The monoisotopic (exact) mass is 352 g/mol. The molecule has 2 aromatic carbocycles. The molecular weight excluding hydrogens is 336 g/mol. The van der Waals surface area contributed by atoms with E-state index in [0.717, 1.165) is 5.56 Å². The van der Waals surface area contributed by atoms with Gasteiger partial charge in [0, 0.05) is 5.39 Å². The summed E-state index contributed by atoms with van der Waals surface area (Å²) in [5.41, 5.74) is 5.38. The predicted octanol–water partition coefficient (Wildman–Crippen LogP) is 1.31. The van der Waals surface area contributed by atoms with Crippen molar-refractivity contribution < 1.29 is 14.3 Å². The Morgan fingerprint density at radius 1 is 1.04 bits per heavy atom. The molecule has 1 heterocycles. The third-order valence-corrected chi connectivity index (χ3v) is 3.80. The van der Waals surface area contributed by atoms with E-state index in [1.54, 1.807) is 36.4 Å². The number of rotatable bonds is 3. The molecule has 0 saturated heterocycles. The number of ether oxygens (including phenoxy) is 1. The van der Waals surface area contributed by atoms with Gasteiger partial charge in [0.05, 0.1) is 18.1 Å². The fraction of sp³-hybridized carbons (Fsp3) is 0.111. The smallest absolute Gasteiger partial charge is 0.290 e. The second-order valence-electron chi connectivity index (χ2n) is 5.56. The largest absolute Gasteiger partial charge is 0.496 e. The summed E-state index contributed by atoms with van der Waals surface area (Å²) < 4.78 is 5.16. The molecule has 8 nitrogen and oxygen atoms in total. The maximum Gasteiger partial charge on any atom is 0.290 e. The maximum atomic E-state index is 12.4. The number of fused-ring (bicyclic) bond motifs is 1. The van der Waals surface area contributed by atoms with Crippen molar-refractivity contribution in [2.45, 2.75) is 6.92 Å². The van der Waals surface area contributed by atoms with Crippen LogP contribution in [0.25, 0.3) is 10.8 Å². The van der Waals surface area contributed by atoms with Gasteiger partial charge in [0.1, 0.15) is 5.75 Å². The van der Waals surface area contributed by atoms with Gasteiger partial charge < -0.3 is 4.74 Å². The number of aryl methyl sites for hydroxylation is 1. The van der Waals surface area contributed by atoms with Gasteiger partial charge in [-0.2, -0.15) is 5.10 Å². The Labute approximate surface area is 148 Å². The average molecular weight is 352 g/mol. The molecule has 3 aromatic rings. The predicted molar refractivity (Wildman–Crippen MR) is 95.0 cm³/mol. The molecule has 0 aliphatic heterocycles. The van der Waals surface area contributed by atoms with Crippen molar-refractivity contribution in [3.63, 3.8) is 0 Å². The Morgan fingerprint density at radius 3 is 2.46 bits per heavy atom. The minimum Gasteiger partial charge on any atom is -0.496 e. The fourth-order valence-corrected chi connectivity index (χ4v) is 2.53. The third-order valence-electron chi connectivity index (χ3n) is 3.80. The van der Waals surface area contributed by atoms with E-state index in [-0.39, 0.29) is 11.3 Å². The highest BCUT2D eigenvalue weighted by Gasteiger charge is 2.17. The van der Waals surface area contributed by atoms with E-state index in [1.807, 2.05) is 13.0 Å². The number of hydrogen-bond donors (Lipinski definition) is 3. The van der Waals surface area contributed by atoms with Gasteiger partial charge in [-0.1, -0.05) is 29.8 Å². The summed E-state index contributed by atoms with van der Waals surface area (Å²) in [5, 5.41) is 6.77. The lowest BCUT2D eigenvalue weighted by atomic mass is 10.1. The number of H-pyrrole nitrogens is 1. The van der Waals surface area contributed by atoms with Crippen LogP contribution in [0.3, 0.4) is 0 Å². The molecule has 0 spiro atoms. The lowest BCUT2D eigenvalue weighted by molar-refractivity contribution is 0.0842. The summed E-state index contributed by atoms with van der Waals surface area (Å²) in [7, 11) is 1.45. The molecule has 3 N–H and O–H groups in total. The van der Waals surface area contributed by atoms with Gasteiger partial charge in [0.25, 0.3) is 17.4 Å². The Bertz CT molecular complexity index is 1060. The Morgan fingerprint density at radius 2 is 1.73 bits per heavy atom. The van der Waals surface area contributed by atoms with Crippen LogP contribution in [0.4, 0.5) is 0 Å². The average Bonchev–Trinajstić information content (AvgIpc) is 2.66. The summed E-state index contributed by atoms with van der Waals surface area (Å²) in [4.78, 5) is 36.5. The summed E-state index contributed by atoms with van der Waals surface area (Å²) >= 11 is 0. The lowest BCUT2D eigenvalue weighted by Gasteiger charge is -2.11. The number of nitrogens with zero attached hydrogens (tertiary/aromatic N) is 1. The highest BCUT2D eigenvalue weighted by Crippen LogP contribution is 2.19. The molecule has 0 aliphatic carbocycles. The van der Waals surface area contributed by atoms with Crippen molar-refractivity contribution in [3.05, 3.63) is 69.6 Å². The second kappa shape index (κ2) is 7.06. The van der Waals surface area contributed by atoms with Crippen LogP contribution in [0.1, 0.15) is 26.4 Å². The molecule has 0 saturated carbocycles. The topological polar surface area (TPSA) is 113 Å². The van der Waals surface area contributed by atoms with Crippen LogP contribution >= 0.6 is 0 Å². The number of carbonyl (C=O) groups is 2. The van der Waals surface area contributed by atoms with Gasteiger partial charge in [-0.25, -0.2) is 5.10 Å². The number of methoxy groups -OCH3 is 1. The molecule has 0 atom stereocenters. The SMILES string of the molecule is COc1ccc(C)cc1C(=O)NNC(=O)c1n[nH]c(=O)c2ccccc12. The molecule has 3 rings (SSSR count). The molecule has 26 heavy (non-hydrogen) atoms. The van der Waals surface area contributed by atoms with Crippen LogP contribution in [-0.2, 0) is 0 Å². The highest BCUT2D eigenvalue weighted by atomic mass is 16.5. The number of carbonyl (C=O) groups excluding carboxylic acids is 2. The van der Waals surface area contributed by atoms with E-state index in [0.29, 0.717) is 16.5 Å². The molecule has 1 aromatic heterocycles. The number of nitrogens with one attached hydrogen (secondary N) is 3. The third kappa shape index (κ3) is 3.25. The van der Waals surface area contributed by atoms with Crippen LogP contribution in [0.2, 0.25) is 0 Å². The molecule has 0 fully saturated rings. The van der Waals surface area contributed by atoms with E-state index in [2.05, 4.69) is 21.0 Å². The van der Waals surface area contributed by atoms with Gasteiger partial charge in [0.15, 0.2) is 5.69 Å². The van der Waals surface area contributed by atoms with Crippen molar-refractivity contribution in [2.24, 2.45) is 0 Å². The van der Waals surface area contributed by atoms with Crippen molar-refractivity contribution >= 4 is 22.6 Å². The maximum absolute atomic E-state index is 12.4. The summed E-state index contributed by atoms with van der Waals surface area (Å²) in [5.74, 6) is -0.806. The fourth-order valence-electron chi connectivity index (χ4n) is 2.53. The first kappa shape index (κ1) is 17.2. The normalized spacial score (nSPS) is 10.4. The highest BCUT2D eigenvalue weighted by molar-refractivity contribution is 6.06. The molecule has 8 heteroatoms. The molecule has 2 amide bonds. The number of benzene rings is 2. The molecular formula is C18H16N4O4. The van der Waals surface area contributed by atoms with Gasteiger partial charge >= 0.3 is 0 Å². The van der Waals surface area contributed by atoms with Gasteiger partial charge in [-0.3, -0.25) is 25.2 Å². The quantitative estimate of drug-likeness (QED) is 0.615. The van der Waals surface area contributed by atoms with Crippen LogP contribution in [0.15, 0.2) is 47.3 Å². The Kier molecular flexibility index (Phi) is 4.66. The molecule has 132 valence electrons. The van der Waals surface area contributed by atoms with Crippen molar-refractivity contribution in [1.29, 1.82) is 0 Å². The van der Waals surface area contributed by atoms with Gasteiger partial charge in [-0.15, -0.1) is 0 Å². The van der Waals surface area contributed by atoms with E-state index in [9.17, 15) is 14.4 Å². The first-order chi connectivity index (χ1) is 12.5. The lowest BCUT2D eigenvalue weighted by Crippen LogP contribution is -2.42. The summed E-state index contributed by atoms with van der Waals surface area (Å²) in [6.07, 6.45) is 0. The van der Waals surface area contributed by atoms with Crippen molar-refractivity contribution in [2.75, 3.05) is 7.11 Å². The van der Waals surface area contributed by atoms with E-state index < -0.39 is 17.4 Å². The zero-order valence-corrected chi connectivity index (χ0v) is 14.1. The standard InChI is InChI=1S/C18H16N4O4/c1-10-7-8-14(26-2)13(9-10)17(24)21-22-18(25)15-11-5-3-4-6-12(11)16(23)20-19-15/h3-9H,1-2H3,(H,20,23)(H,21,24)(H,22,25). The number of amides is 2. The number of hydrogen-bond acceptors (Lipinski definition) is 5. The van der Waals surface area contributed by atoms with Crippen molar-refractivity contribution in [3.8, 4) is 5.75 Å². The second-order valence-corrected chi connectivity index (χ2v) is 5.56. The van der Waals surface area contributed by atoms with Crippen LogP contribution < -0.4 is 21.1 Å². The molecule has 0 radical (unpaired) electrons. The summed E-state index contributed by atoms with van der Waals surface area (Å²) in [6.45, 7) is 1.84. The number of aromatic nitrogens is 2. The van der Waals surface area contributed by atoms with Gasteiger partial charge in [-0.05, 0) is 25.1 Å². The zero-order valence-electron chi connectivity index (χ0n) is 14.1. The Balaban J connectivity index is 1.82. The first-order valence-electron chi connectivity index (χ1n) is 7.74. The van der Waals surface area contributed by atoms with E-state index in [1.165, 1.54) is 7.11 Å². The minimum atomic E-state index is -0.655. The molecule has 0 aliphatic rings. The van der Waals surface area contributed by atoms with Gasteiger partial charge in [0.2, 0.25) is 0 Å². The minimum absolute atomic E-state index is 0.00305. The molecule has 0 unspecified atom stereocenters. The molecule has 0 bridgehead atoms.